The number of carbonyl (C=O) groups excluding carboxylic acids is 2. The Balaban J connectivity index is 2.39. The fourth-order valence-corrected chi connectivity index (χ4v) is 1.81. The van der Waals surface area contributed by atoms with Crippen molar-refractivity contribution in [2.24, 2.45) is 0 Å². The summed E-state index contributed by atoms with van der Waals surface area (Å²) in [6, 6.07) is 5.54. The van der Waals surface area contributed by atoms with Gasteiger partial charge in [0.1, 0.15) is 6.07 Å². The molecule has 1 aliphatic heterocycles. The maximum Gasteiger partial charge on any atom is 0.270 e. The number of nitrogens with zero attached hydrogens (tertiary/aromatic N) is 3. The van der Waals surface area contributed by atoms with E-state index in [-0.39, 0.29) is 24.3 Å². The van der Waals surface area contributed by atoms with E-state index >= 15 is 0 Å². The fraction of sp³-hybridized carbons (Fsp3) is 0.182. The van der Waals surface area contributed by atoms with Crippen LogP contribution in [0.1, 0.15) is 5.56 Å². The quantitative estimate of drug-likeness (QED) is 0.452. The molecule has 1 saturated heterocycles. The standard InChI is InChI=1S/C11H8N4O4/c12-4-7-3-8(15(18)19)1-2-9(7)14-5-10(16)13-11(17)6-14/h1-3H,5-6H2,(H,13,16,17). The lowest BCUT2D eigenvalue weighted by molar-refractivity contribution is -0.384. The van der Waals surface area contributed by atoms with Crippen LogP contribution in [0.25, 0.3) is 0 Å². The first kappa shape index (κ1) is 12.5. The predicted molar refractivity (Wildman–Crippen MR) is 63.2 cm³/mol. The molecule has 0 radical (unpaired) electrons. The predicted octanol–water partition coefficient (Wildman–Crippen LogP) is -0.0707. The van der Waals surface area contributed by atoms with Crippen LogP contribution in [-0.4, -0.2) is 29.8 Å². The zero-order valence-electron chi connectivity index (χ0n) is 9.62. The number of non-ortho nitro benzene ring substituents is 1. The highest BCUT2D eigenvalue weighted by Gasteiger charge is 2.25. The molecule has 1 aromatic carbocycles. The maximum absolute atomic E-state index is 11.3. The summed E-state index contributed by atoms with van der Waals surface area (Å²) in [5.41, 5.74) is 0.168. The van der Waals surface area contributed by atoms with Crippen molar-refractivity contribution >= 4 is 23.2 Å². The number of hydrogen-bond donors (Lipinski definition) is 1. The number of nitriles is 1. The molecule has 0 saturated carbocycles. The Hall–Kier alpha value is -2.95. The van der Waals surface area contributed by atoms with Crippen LogP contribution in [0, 0.1) is 21.4 Å². The van der Waals surface area contributed by atoms with Gasteiger partial charge in [0.05, 0.1) is 29.3 Å². The summed E-state index contributed by atoms with van der Waals surface area (Å²) in [5, 5.41) is 21.8. The van der Waals surface area contributed by atoms with Crippen molar-refractivity contribution in [2.75, 3.05) is 18.0 Å². The summed E-state index contributed by atoms with van der Waals surface area (Å²) in [5.74, 6) is -0.947. The van der Waals surface area contributed by atoms with Gasteiger partial charge in [-0.05, 0) is 6.07 Å². The Morgan fingerprint density at radius 1 is 1.32 bits per heavy atom. The molecule has 96 valence electrons. The lowest BCUT2D eigenvalue weighted by Gasteiger charge is -2.27. The monoisotopic (exact) mass is 260 g/mol. The molecular formula is C11H8N4O4. The number of nitro benzene ring substituents is 1. The Morgan fingerprint density at radius 2 is 1.95 bits per heavy atom. The van der Waals surface area contributed by atoms with Gasteiger partial charge in [0, 0.05) is 12.1 Å². The van der Waals surface area contributed by atoms with Gasteiger partial charge in [0.25, 0.3) is 5.69 Å². The summed E-state index contributed by atoms with van der Waals surface area (Å²) >= 11 is 0. The minimum atomic E-state index is -0.612. The average Bonchev–Trinajstić information content (AvgIpc) is 2.36. The number of nitro groups is 1. The molecular weight excluding hydrogens is 252 g/mol. The highest BCUT2D eigenvalue weighted by Crippen LogP contribution is 2.25. The van der Waals surface area contributed by atoms with Crippen LogP contribution in [0.4, 0.5) is 11.4 Å². The van der Waals surface area contributed by atoms with E-state index < -0.39 is 16.7 Å². The third kappa shape index (κ3) is 2.50. The molecule has 0 aliphatic carbocycles. The highest BCUT2D eigenvalue weighted by atomic mass is 16.6. The molecule has 0 atom stereocenters. The molecule has 1 aliphatic rings. The number of carbonyl (C=O) groups is 2. The lowest BCUT2D eigenvalue weighted by Crippen LogP contribution is -2.51. The van der Waals surface area contributed by atoms with Gasteiger partial charge in [-0.25, -0.2) is 0 Å². The molecule has 19 heavy (non-hydrogen) atoms. The number of imide groups is 1. The zero-order valence-corrected chi connectivity index (χ0v) is 9.62. The molecule has 0 aromatic heterocycles. The van der Waals surface area contributed by atoms with Crippen molar-refractivity contribution in [3.63, 3.8) is 0 Å². The van der Waals surface area contributed by atoms with E-state index in [2.05, 4.69) is 5.32 Å². The second kappa shape index (κ2) is 4.73. The first-order valence-electron chi connectivity index (χ1n) is 5.27. The van der Waals surface area contributed by atoms with E-state index in [9.17, 15) is 19.7 Å². The topological polar surface area (TPSA) is 116 Å². The first-order chi connectivity index (χ1) is 9.01. The van der Waals surface area contributed by atoms with E-state index in [0.29, 0.717) is 5.69 Å². The van der Waals surface area contributed by atoms with Crippen LogP contribution >= 0.6 is 0 Å². The minimum absolute atomic E-state index is 0.0525. The second-order valence-corrected chi connectivity index (χ2v) is 3.90. The molecule has 1 aromatic rings. The largest absolute Gasteiger partial charge is 0.352 e. The van der Waals surface area contributed by atoms with Crippen LogP contribution in [0.15, 0.2) is 18.2 Å². The van der Waals surface area contributed by atoms with Crippen LogP contribution in [0.2, 0.25) is 0 Å². The van der Waals surface area contributed by atoms with Crippen molar-refractivity contribution in [3.05, 3.63) is 33.9 Å². The van der Waals surface area contributed by atoms with E-state index in [1.54, 1.807) is 0 Å². The summed E-state index contributed by atoms with van der Waals surface area (Å²) in [6.07, 6.45) is 0. The van der Waals surface area contributed by atoms with Gasteiger partial charge >= 0.3 is 0 Å². The second-order valence-electron chi connectivity index (χ2n) is 3.90. The molecule has 2 amide bonds. The van der Waals surface area contributed by atoms with Gasteiger partial charge in [-0.3, -0.25) is 25.0 Å². The number of anilines is 1. The Bertz CT molecular complexity index is 604. The maximum atomic E-state index is 11.3. The number of hydrogen-bond acceptors (Lipinski definition) is 6. The van der Waals surface area contributed by atoms with E-state index in [1.807, 2.05) is 6.07 Å². The smallest absolute Gasteiger partial charge is 0.270 e. The van der Waals surface area contributed by atoms with Crippen molar-refractivity contribution < 1.29 is 14.5 Å². The van der Waals surface area contributed by atoms with Crippen molar-refractivity contribution in [2.45, 2.75) is 0 Å². The van der Waals surface area contributed by atoms with E-state index in [0.717, 1.165) is 6.07 Å². The summed E-state index contributed by atoms with van der Waals surface area (Å²) in [4.78, 5) is 34.0. The van der Waals surface area contributed by atoms with Crippen molar-refractivity contribution in [1.82, 2.24) is 5.32 Å². The van der Waals surface area contributed by atoms with Crippen LogP contribution in [-0.2, 0) is 9.59 Å². The highest BCUT2D eigenvalue weighted by molar-refractivity contribution is 6.02. The lowest BCUT2D eigenvalue weighted by atomic mass is 10.1. The average molecular weight is 260 g/mol. The number of benzene rings is 1. The van der Waals surface area contributed by atoms with Crippen LogP contribution in [0.5, 0.6) is 0 Å². The van der Waals surface area contributed by atoms with Crippen LogP contribution in [0.3, 0.4) is 0 Å². The molecule has 0 bridgehead atoms. The summed E-state index contributed by atoms with van der Waals surface area (Å²) < 4.78 is 0. The molecule has 1 fully saturated rings. The molecule has 8 nitrogen and oxygen atoms in total. The minimum Gasteiger partial charge on any atom is -0.352 e. The Labute approximate surface area is 107 Å². The first-order valence-corrected chi connectivity index (χ1v) is 5.27. The zero-order chi connectivity index (χ0) is 14.0. The normalized spacial score (nSPS) is 14.8. The number of rotatable bonds is 2. The Kier molecular flexibility index (Phi) is 3.12. The van der Waals surface area contributed by atoms with Gasteiger partial charge in [0.2, 0.25) is 11.8 Å². The molecule has 1 heterocycles. The molecule has 0 unspecified atom stereocenters. The molecule has 1 N–H and O–H groups in total. The van der Waals surface area contributed by atoms with Gasteiger partial charge in [-0.1, -0.05) is 0 Å². The van der Waals surface area contributed by atoms with E-state index in [4.69, 9.17) is 5.26 Å². The van der Waals surface area contributed by atoms with Gasteiger partial charge in [-0.15, -0.1) is 0 Å². The van der Waals surface area contributed by atoms with Gasteiger partial charge < -0.3 is 4.90 Å². The van der Waals surface area contributed by atoms with E-state index in [1.165, 1.54) is 17.0 Å². The van der Waals surface area contributed by atoms with Crippen LogP contribution < -0.4 is 10.2 Å². The Morgan fingerprint density at radius 3 is 2.47 bits per heavy atom. The molecule has 0 spiro atoms. The number of piperazine rings is 1. The third-order valence-electron chi connectivity index (χ3n) is 2.60. The summed E-state index contributed by atoms with van der Waals surface area (Å²) in [6.45, 7) is -0.142. The van der Waals surface area contributed by atoms with Crippen molar-refractivity contribution in [3.8, 4) is 6.07 Å². The van der Waals surface area contributed by atoms with Gasteiger partial charge in [0.15, 0.2) is 0 Å². The number of nitrogens with one attached hydrogen (secondary N) is 1. The van der Waals surface area contributed by atoms with Crippen molar-refractivity contribution in [1.29, 1.82) is 5.26 Å². The molecule has 2 rings (SSSR count). The fourth-order valence-electron chi connectivity index (χ4n) is 1.81. The molecule has 8 heteroatoms. The van der Waals surface area contributed by atoms with Gasteiger partial charge in [-0.2, -0.15) is 5.26 Å². The number of amides is 2. The third-order valence-corrected chi connectivity index (χ3v) is 2.60. The SMILES string of the molecule is N#Cc1cc([N+](=O)[O-])ccc1N1CC(=O)NC(=O)C1. The summed E-state index contributed by atoms with van der Waals surface area (Å²) in [7, 11) is 0.